The summed E-state index contributed by atoms with van der Waals surface area (Å²) in [6, 6.07) is 3.11. The summed E-state index contributed by atoms with van der Waals surface area (Å²) >= 11 is 0. The van der Waals surface area contributed by atoms with E-state index in [2.05, 4.69) is 10.3 Å². The van der Waals surface area contributed by atoms with E-state index in [0.29, 0.717) is 31.5 Å². The minimum atomic E-state index is -0.323. The minimum absolute atomic E-state index is 0.0857. The minimum Gasteiger partial charge on any atom is -0.336 e. The second-order valence-electron chi connectivity index (χ2n) is 6.20. The number of likely N-dealkylation sites (tertiary alicyclic amines) is 1. The zero-order valence-corrected chi connectivity index (χ0v) is 13.3. The van der Waals surface area contributed by atoms with Gasteiger partial charge in [-0.1, -0.05) is 0 Å². The van der Waals surface area contributed by atoms with Crippen molar-refractivity contribution in [1.29, 1.82) is 0 Å². The van der Waals surface area contributed by atoms with Crippen molar-refractivity contribution in [1.82, 2.24) is 20.1 Å². The summed E-state index contributed by atoms with van der Waals surface area (Å²) < 4.78 is 0. The van der Waals surface area contributed by atoms with Crippen LogP contribution < -0.4 is 5.32 Å². The Bertz CT molecular complexity index is 615. The first-order valence-corrected chi connectivity index (χ1v) is 7.87. The molecular weight excluding hydrogens is 296 g/mol. The molecule has 2 aliphatic rings. The van der Waals surface area contributed by atoms with Gasteiger partial charge in [0.1, 0.15) is 5.69 Å². The number of urea groups is 1. The van der Waals surface area contributed by atoms with Gasteiger partial charge in [0.25, 0.3) is 11.8 Å². The third-order valence-electron chi connectivity index (χ3n) is 4.21. The van der Waals surface area contributed by atoms with Crippen molar-refractivity contribution in [3.8, 4) is 0 Å². The number of carbonyl (C=O) groups is 3. The van der Waals surface area contributed by atoms with Crippen LogP contribution >= 0.6 is 0 Å². The molecule has 3 heterocycles. The van der Waals surface area contributed by atoms with Crippen LogP contribution in [0.25, 0.3) is 0 Å². The van der Waals surface area contributed by atoms with Crippen LogP contribution in [0.15, 0.2) is 18.3 Å². The van der Waals surface area contributed by atoms with Gasteiger partial charge in [-0.05, 0) is 38.8 Å². The lowest BCUT2D eigenvalue weighted by atomic mass is 10.0. The number of imide groups is 1. The van der Waals surface area contributed by atoms with Crippen LogP contribution in [0.4, 0.5) is 4.79 Å². The van der Waals surface area contributed by atoms with Crippen LogP contribution in [0.2, 0.25) is 0 Å². The summed E-state index contributed by atoms with van der Waals surface area (Å²) in [5.41, 5.74) is 0.606. The van der Waals surface area contributed by atoms with E-state index in [4.69, 9.17) is 0 Å². The summed E-state index contributed by atoms with van der Waals surface area (Å²) in [5, 5.41) is 2.86. The number of rotatable bonds is 2. The van der Waals surface area contributed by atoms with Crippen molar-refractivity contribution in [2.24, 2.45) is 0 Å². The molecule has 1 aromatic heterocycles. The fraction of sp³-hybridized carbons (Fsp3) is 0.500. The Kier molecular flexibility index (Phi) is 4.02. The Balaban J connectivity index is 1.66. The highest BCUT2D eigenvalue weighted by atomic mass is 16.2. The molecule has 1 fully saturated rings. The maximum Gasteiger partial charge on any atom is 0.317 e. The van der Waals surface area contributed by atoms with Crippen LogP contribution in [-0.2, 0) is 0 Å². The lowest BCUT2D eigenvalue weighted by molar-refractivity contribution is 0.0520. The van der Waals surface area contributed by atoms with Crippen molar-refractivity contribution in [2.75, 3.05) is 13.1 Å². The Morgan fingerprint density at radius 2 is 1.96 bits per heavy atom. The predicted molar refractivity (Wildman–Crippen MR) is 83.0 cm³/mol. The Morgan fingerprint density at radius 3 is 2.57 bits per heavy atom. The molecule has 0 bridgehead atoms. The molecule has 1 N–H and O–H groups in total. The molecule has 7 heteroatoms. The average Bonchev–Trinajstić information content (AvgIpc) is 2.79. The van der Waals surface area contributed by atoms with Gasteiger partial charge in [-0.2, -0.15) is 0 Å². The second kappa shape index (κ2) is 5.98. The van der Waals surface area contributed by atoms with Gasteiger partial charge in [-0.3, -0.25) is 19.5 Å². The first-order chi connectivity index (χ1) is 11.0. The van der Waals surface area contributed by atoms with Crippen molar-refractivity contribution < 1.29 is 14.4 Å². The third kappa shape index (κ3) is 2.78. The van der Waals surface area contributed by atoms with Crippen molar-refractivity contribution in [3.05, 3.63) is 29.6 Å². The number of nitrogens with one attached hydrogen (secondary N) is 1. The van der Waals surface area contributed by atoms with Crippen LogP contribution in [-0.4, -0.2) is 57.8 Å². The van der Waals surface area contributed by atoms with Gasteiger partial charge in [-0.25, -0.2) is 4.79 Å². The summed E-state index contributed by atoms with van der Waals surface area (Å²) in [6.45, 7) is 4.89. The summed E-state index contributed by atoms with van der Waals surface area (Å²) in [6.07, 6.45) is 2.71. The van der Waals surface area contributed by atoms with Gasteiger partial charge >= 0.3 is 6.03 Å². The van der Waals surface area contributed by atoms with Crippen LogP contribution in [0.1, 0.15) is 47.5 Å². The lowest BCUT2D eigenvalue weighted by Crippen LogP contribution is -2.51. The average molecular weight is 316 g/mol. The van der Waals surface area contributed by atoms with Crippen LogP contribution in [0.3, 0.4) is 0 Å². The van der Waals surface area contributed by atoms with Gasteiger partial charge < -0.3 is 10.2 Å². The topological polar surface area (TPSA) is 82.6 Å². The molecule has 3 rings (SSSR count). The van der Waals surface area contributed by atoms with E-state index < -0.39 is 0 Å². The zero-order valence-electron chi connectivity index (χ0n) is 13.3. The van der Waals surface area contributed by atoms with Crippen molar-refractivity contribution in [3.63, 3.8) is 0 Å². The van der Waals surface area contributed by atoms with E-state index in [1.165, 1.54) is 11.1 Å². The van der Waals surface area contributed by atoms with Crippen molar-refractivity contribution >= 4 is 17.8 Å². The molecule has 0 radical (unpaired) electrons. The molecule has 0 aliphatic carbocycles. The second-order valence-corrected chi connectivity index (χ2v) is 6.20. The highest BCUT2D eigenvalue weighted by Gasteiger charge is 2.42. The number of nitrogens with zero attached hydrogens (tertiary/aromatic N) is 3. The van der Waals surface area contributed by atoms with Gasteiger partial charge in [0.2, 0.25) is 0 Å². The molecule has 1 aromatic rings. The maximum absolute atomic E-state index is 12.4. The molecule has 0 saturated carbocycles. The van der Waals surface area contributed by atoms with Crippen molar-refractivity contribution in [2.45, 2.75) is 38.8 Å². The fourth-order valence-corrected chi connectivity index (χ4v) is 3.08. The number of pyridine rings is 1. The van der Waals surface area contributed by atoms with E-state index in [1.54, 1.807) is 17.0 Å². The number of carbonyl (C=O) groups excluding carboxylic acids is 3. The number of hydrogen-bond acceptors (Lipinski definition) is 4. The van der Waals surface area contributed by atoms with E-state index in [1.807, 2.05) is 13.8 Å². The lowest BCUT2D eigenvalue weighted by Gasteiger charge is -2.35. The molecule has 0 atom stereocenters. The smallest absolute Gasteiger partial charge is 0.317 e. The molecule has 0 spiro atoms. The molecule has 23 heavy (non-hydrogen) atoms. The molecule has 122 valence electrons. The summed E-state index contributed by atoms with van der Waals surface area (Å²) in [4.78, 5) is 43.9. The van der Waals surface area contributed by atoms with E-state index >= 15 is 0 Å². The standard InChI is InChI=1S/C16H20N4O3/c1-10(2)18-16(23)19-8-5-11(6-9-19)20-14(21)12-4-3-7-17-13(12)15(20)22/h3-4,7,10-11H,5-6,8-9H2,1-2H3,(H,18,23). The number of hydrogen-bond donors (Lipinski definition) is 1. The fourth-order valence-electron chi connectivity index (χ4n) is 3.08. The molecule has 0 aromatic carbocycles. The first kappa shape index (κ1) is 15.5. The monoisotopic (exact) mass is 316 g/mol. The molecule has 1 saturated heterocycles. The molecule has 7 nitrogen and oxygen atoms in total. The van der Waals surface area contributed by atoms with Gasteiger partial charge in [-0.15, -0.1) is 0 Å². The Morgan fingerprint density at radius 1 is 1.26 bits per heavy atom. The number of aromatic nitrogens is 1. The Hall–Kier alpha value is -2.44. The van der Waals surface area contributed by atoms with Crippen LogP contribution in [0, 0.1) is 0 Å². The summed E-state index contributed by atoms with van der Waals surface area (Å²) in [5.74, 6) is -0.598. The predicted octanol–water partition coefficient (Wildman–Crippen LogP) is 1.26. The molecule has 0 unspecified atom stereocenters. The third-order valence-corrected chi connectivity index (χ3v) is 4.21. The van der Waals surface area contributed by atoms with E-state index in [-0.39, 0.29) is 35.6 Å². The van der Waals surface area contributed by atoms with Gasteiger partial charge in [0, 0.05) is 31.4 Å². The first-order valence-electron chi connectivity index (χ1n) is 7.87. The van der Waals surface area contributed by atoms with Gasteiger partial charge in [0.05, 0.1) is 5.56 Å². The quantitative estimate of drug-likeness (QED) is 0.833. The van der Waals surface area contributed by atoms with Crippen LogP contribution in [0.5, 0.6) is 0 Å². The number of fused-ring (bicyclic) bond motifs is 1. The highest BCUT2D eigenvalue weighted by molar-refractivity contribution is 6.20. The largest absolute Gasteiger partial charge is 0.336 e. The molecule has 4 amide bonds. The Labute approximate surface area is 134 Å². The molecule has 2 aliphatic heterocycles. The highest BCUT2D eigenvalue weighted by Crippen LogP contribution is 2.27. The normalized spacial score (nSPS) is 18.6. The zero-order chi connectivity index (χ0) is 16.6. The number of piperidine rings is 1. The van der Waals surface area contributed by atoms with E-state index in [0.717, 1.165) is 0 Å². The number of amides is 4. The maximum atomic E-state index is 12.4. The van der Waals surface area contributed by atoms with Gasteiger partial charge in [0.15, 0.2) is 0 Å². The molecular formula is C16H20N4O3. The summed E-state index contributed by atoms with van der Waals surface area (Å²) in [7, 11) is 0. The van der Waals surface area contributed by atoms with E-state index in [9.17, 15) is 14.4 Å². The SMILES string of the molecule is CC(C)NC(=O)N1CCC(N2C(=O)c3cccnc3C2=O)CC1.